The first-order valence-corrected chi connectivity index (χ1v) is 11.6. The monoisotopic (exact) mass is 463 g/mol. The molecule has 0 aliphatic carbocycles. The van der Waals surface area contributed by atoms with Gasteiger partial charge in [-0.15, -0.1) is 0 Å². The Morgan fingerprint density at radius 3 is 1.79 bits per heavy atom. The first kappa shape index (κ1) is 25.2. The van der Waals surface area contributed by atoms with Crippen LogP contribution in [0.15, 0.2) is 77.1 Å². The van der Waals surface area contributed by atoms with E-state index in [1.54, 1.807) is 21.0 Å². The van der Waals surface area contributed by atoms with E-state index in [0.29, 0.717) is 24.3 Å². The molecule has 180 valence electrons. The summed E-state index contributed by atoms with van der Waals surface area (Å²) in [5.41, 5.74) is 5.32. The molecule has 0 atom stereocenters. The number of rotatable bonds is 9. The van der Waals surface area contributed by atoms with E-state index in [1.807, 2.05) is 73.3 Å². The van der Waals surface area contributed by atoms with Crippen LogP contribution in [0.4, 0.5) is 0 Å². The van der Waals surface area contributed by atoms with Crippen molar-refractivity contribution in [2.24, 2.45) is 0 Å². The van der Waals surface area contributed by atoms with Crippen LogP contribution in [-0.2, 0) is 37.0 Å². The number of hydrogen-bond acceptors (Lipinski definition) is 6. The number of methoxy groups -OCH3 is 1. The molecule has 0 unspecified atom stereocenters. The molecule has 2 aromatic carbocycles. The summed E-state index contributed by atoms with van der Waals surface area (Å²) in [6.45, 7) is 8.86. The lowest BCUT2D eigenvalue weighted by Crippen LogP contribution is -2.35. The van der Waals surface area contributed by atoms with Crippen LogP contribution in [0.5, 0.6) is 0 Å². The summed E-state index contributed by atoms with van der Waals surface area (Å²) in [5.74, 6) is -1.46. The first-order valence-electron chi connectivity index (χ1n) is 11.6. The van der Waals surface area contributed by atoms with Gasteiger partial charge in [0.1, 0.15) is 0 Å². The summed E-state index contributed by atoms with van der Waals surface area (Å²) in [4.78, 5) is 28.6. The minimum absolute atomic E-state index is 0.241. The number of hydrogen-bond donors (Lipinski definition) is 0. The van der Waals surface area contributed by atoms with E-state index in [2.05, 4.69) is 0 Å². The molecule has 0 N–H and O–H groups in total. The van der Waals surface area contributed by atoms with E-state index in [-0.39, 0.29) is 13.2 Å². The molecule has 3 rings (SSSR count). The summed E-state index contributed by atoms with van der Waals surface area (Å²) in [6.07, 6.45) is 0. The molecule has 6 nitrogen and oxygen atoms in total. The van der Waals surface area contributed by atoms with Crippen LogP contribution < -0.4 is 0 Å². The van der Waals surface area contributed by atoms with E-state index in [0.717, 1.165) is 28.1 Å². The molecule has 1 aliphatic heterocycles. The average Bonchev–Trinajstić information content (AvgIpc) is 2.83. The standard InChI is InChI=1S/C28H33NO5/c1-6-33-27(30)24-19(3)29(17-21-11-9-8-10-12-21)20(4)25(28(31)34-7-2)26(24)23-15-13-22(14-16-23)18-32-5/h8-16,26H,6-7,17-18H2,1-5H3. The topological polar surface area (TPSA) is 65.1 Å². The Morgan fingerprint density at radius 1 is 0.794 bits per heavy atom. The quantitative estimate of drug-likeness (QED) is 0.482. The molecular weight excluding hydrogens is 430 g/mol. The lowest BCUT2D eigenvalue weighted by Gasteiger charge is -2.38. The number of carbonyl (C=O) groups is 2. The molecule has 34 heavy (non-hydrogen) atoms. The highest BCUT2D eigenvalue weighted by Gasteiger charge is 2.40. The Morgan fingerprint density at radius 2 is 1.32 bits per heavy atom. The molecule has 0 amide bonds. The molecule has 0 saturated heterocycles. The summed E-state index contributed by atoms with van der Waals surface area (Å²) in [5, 5.41) is 0. The van der Waals surface area contributed by atoms with E-state index in [1.165, 1.54) is 0 Å². The maximum Gasteiger partial charge on any atom is 0.336 e. The molecule has 2 aromatic rings. The molecule has 0 spiro atoms. The van der Waals surface area contributed by atoms with Crippen LogP contribution in [0.2, 0.25) is 0 Å². The minimum Gasteiger partial charge on any atom is -0.463 e. The van der Waals surface area contributed by atoms with Gasteiger partial charge in [-0.25, -0.2) is 9.59 Å². The molecule has 0 fully saturated rings. The highest BCUT2D eigenvalue weighted by atomic mass is 16.5. The van der Waals surface area contributed by atoms with Gasteiger partial charge >= 0.3 is 11.9 Å². The zero-order valence-electron chi connectivity index (χ0n) is 20.6. The number of allylic oxidation sites excluding steroid dienone is 2. The Kier molecular flexibility index (Phi) is 8.66. The third-order valence-electron chi connectivity index (χ3n) is 5.96. The molecule has 0 saturated carbocycles. The Balaban J connectivity index is 2.19. The number of esters is 2. The number of carbonyl (C=O) groups excluding carboxylic acids is 2. The summed E-state index contributed by atoms with van der Waals surface area (Å²) < 4.78 is 16.2. The lowest BCUT2D eigenvalue weighted by molar-refractivity contribution is -0.139. The smallest absolute Gasteiger partial charge is 0.336 e. The van der Waals surface area contributed by atoms with Crippen LogP contribution in [0.1, 0.15) is 50.3 Å². The molecule has 1 heterocycles. The molecule has 6 heteroatoms. The molecule has 0 radical (unpaired) electrons. The fourth-order valence-electron chi connectivity index (χ4n) is 4.36. The molecule has 1 aliphatic rings. The predicted octanol–water partition coefficient (Wildman–Crippen LogP) is 5.11. The number of nitrogens with zero attached hydrogens (tertiary/aromatic N) is 1. The maximum atomic E-state index is 13.3. The van der Waals surface area contributed by atoms with Crippen LogP contribution >= 0.6 is 0 Å². The molecular formula is C28H33NO5. The van der Waals surface area contributed by atoms with Crippen LogP contribution in [0.25, 0.3) is 0 Å². The van der Waals surface area contributed by atoms with Crippen molar-refractivity contribution in [1.29, 1.82) is 0 Å². The normalized spacial score (nSPS) is 14.4. The second kappa shape index (κ2) is 11.7. The summed E-state index contributed by atoms with van der Waals surface area (Å²) in [6, 6.07) is 17.7. The third-order valence-corrected chi connectivity index (χ3v) is 5.96. The van der Waals surface area contributed by atoms with Crippen LogP contribution in [-0.4, -0.2) is 37.2 Å². The zero-order chi connectivity index (χ0) is 24.7. The van der Waals surface area contributed by atoms with Gasteiger partial charge in [-0.3, -0.25) is 0 Å². The van der Waals surface area contributed by atoms with Gasteiger partial charge in [0.2, 0.25) is 0 Å². The molecule has 0 bridgehead atoms. The van der Waals surface area contributed by atoms with Crippen LogP contribution in [0.3, 0.4) is 0 Å². The Labute approximate surface area is 201 Å². The molecule has 0 aromatic heterocycles. The largest absolute Gasteiger partial charge is 0.463 e. The van der Waals surface area contributed by atoms with E-state index in [9.17, 15) is 9.59 Å². The zero-order valence-corrected chi connectivity index (χ0v) is 20.6. The number of ether oxygens (including phenoxy) is 3. The van der Waals surface area contributed by atoms with Gasteiger partial charge in [0.25, 0.3) is 0 Å². The summed E-state index contributed by atoms with van der Waals surface area (Å²) >= 11 is 0. The number of benzene rings is 2. The van der Waals surface area contributed by atoms with E-state index >= 15 is 0 Å². The van der Waals surface area contributed by atoms with Crippen molar-refractivity contribution < 1.29 is 23.8 Å². The second-order valence-electron chi connectivity index (χ2n) is 8.12. The van der Waals surface area contributed by atoms with Crippen molar-refractivity contribution in [3.63, 3.8) is 0 Å². The van der Waals surface area contributed by atoms with Gasteiger partial charge in [-0.2, -0.15) is 0 Å². The van der Waals surface area contributed by atoms with Gasteiger partial charge in [-0.05, 0) is 44.4 Å². The fraction of sp³-hybridized carbons (Fsp3) is 0.357. The van der Waals surface area contributed by atoms with Crippen molar-refractivity contribution in [1.82, 2.24) is 4.90 Å². The second-order valence-corrected chi connectivity index (χ2v) is 8.12. The van der Waals surface area contributed by atoms with Crippen molar-refractivity contribution in [3.05, 3.63) is 93.8 Å². The van der Waals surface area contributed by atoms with Gasteiger partial charge in [0.05, 0.1) is 36.9 Å². The van der Waals surface area contributed by atoms with Crippen LogP contribution in [0, 0.1) is 0 Å². The minimum atomic E-state index is -0.596. The van der Waals surface area contributed by atoms with Crippen molar-refractivity contribution >= 4 is 11.9 Å². The third kappa shape index (κ3) is 5.39. The maximum absolute atomic E-state index is 13.3. The van der Waals surface area contributed by atoms with Crippen molar-refractivity contribution in [3.8, 4) is 0 Å². The summed E-state index contributed by atoms with van der Waals surface area (Å²) in [7, 11) is 1.65. The van der Waals surface area contributed by atoms with Gasteiger partial charge in [0, 0.05) is 25.0 Å². The van der Waals surface area contributed by atoms with E-state index in [4.69, 9.17) is 14.2 Å². The van der Waals surface area contributed by atoms with Crippen molar-refractivity contribution in [2.45, 2.75) is 46.8 Å². The predicted molar refractivity (Wildman–Crippen MR) is 131 cm³/mol. The highest BCUT2D eigenvalue weighted by Crippen LogP contribution is 2.43. The van der Waals surface area contributed by atoms with E-state index < -0.39 is 17.9 Å². The first-order chi connectivity index (χ1) is 16.4. The fourth-order valence-corrected chi connectivity index (χ4v) is 4.36. The van der Waals surface area contributed by atoms with Crippen molar-refractivity contribution in [2.75, 3.05) is 20.3 Å². The SMILES string of the molecule is CCOC(=O)C1=C(C)N(Cc2ccccc2)C(C)=C(C(=O)OCC)C1c1ccc(COC)cc1. The lowest BCUT2D eigenvalue weighted by atomic mass is 9.79. The Bertz CT molecular complexity index is 1030. The van der Waals surface area contributed by atoms with Gasteiger partial charge in [0.15, 0.2) is 0 Å². The van der Waals surface area contributed by atoms with Gasteiger partial charge < -0.3 is 19.1 Å². The highest BCUT2D eigenvalue weighted by molar-refractivity contribution is 5.99. The van der Waals surface area contributed by atoms with Gasteiger partial charge in [-0.1, -0.05) is 54.6 Å². The average molecular weight is 464 g/mol. The Hall–Kier alpha value is -3.38.